The Labute approximate surface area is 186 Å². The molecule has 162 valence electrons. The van der Waals surface area contributed by atoms with Crippen LogP contribution in [0.5, 0.6) is 0 Å². The van der Waals surface area contributed by atoms with Gasteiger partial charge >= 0.3 is 5.97 Å². The van der Waals surface area contributed by atoms with Crippen LogP contribution in [0.4, 0.5) is 11.4 Å². The number of ether oxygens (including phenoxy) is 1. The number of anilines is 1. The fourth-order valence-electron chi connectivity index (χ4n) is 2.65. The van der Waals surface area contributed by atoms with Gasteiger partial charge in [-0.2, -0.15) is 0 Å². The number of hydrogen-bond donors (Lipinski definition) is 2. The molecule has 0 saturated heterocycles. The third-order valence-electron chi connectivity index (χ3n) is 4.19. The lowest BCUT2D eigenvalue weighted by Gasteiger charge is -2.11. The number of carbonyl (C=O) groups is 3. The van der Waals surface area contributed by atoms with Crippen LogP contribution in [-0.4, -0.2) is 29.8 Å². The molecule has 9 nitrogen and oxygen atoms in total. The van der Waals surface area contributed by atoms with Crippen molar-refractivity contribution in [3.05, 3.63) is 97.9 Å². The molecule has 1 aromatic heterocycles. The van der Waals surface area contributed by atoms with Crippen molar-refractivity contribution in [1.29, 1.82) is 0 Å². The van der Waals surface area contributed by atoms with Gasteiger partial charge < -0.3 is 15.4 Å². The first-order valence-corrected chi connectivity index (χ1v) is 10.1. The average Bonchev–Trinajstić information content (AvgIpc) is 3.34. The number of rotatable bonds is 7. The number of hydrogen-bond acceptors (Lipinski definition) is 7. The molecule has 32 heavy (non-hydrogen) atoms. The van der Waals surface area contributed by atoms with Crippen LogP contribution in [0.25, 0.3) is 6.08 Å². The number of benzene rings is 2. The van der Waals surface area contributed by atoms with Gasteiger partial charge in [0.2, 0.25) is 0 Å². The third kappa shape index (κ3) is 5.64. The minimum Gasteiger partial charge on any atom is -0.465 e. The number of methoxy groups -OCH3 is 1. The Hall–Kier alpha value is -4.31. The largest absolute Gasteiger partial charge is 0.465 e. The number of amides is 2. The van der Waals surface area contributed by atoms with Gasteiger partial charge in [0.25, 0.3) is 17.5 Å². The highest BCUT2D eigenvalue weighted by molar-refractivity contribution is 7.12. The van der Waals surface area contributed by atoms with Crippen molar-refractivity contribution in [2.24, 2.45) is 0 Å². The van der Waals surface area contributed by atoms with Gasteiger partial charge in [0.05, 0.1) is 22.5 Å². The topological polar surface area (TPSA) is 128 Å². The second-order valence-electron chi connectivity index (χ2n) is 6.36. The SMILES string of the molecule is COC(=O)c1ccc(NC(=O)/C(=C/c2cccc([N+](=O)[O-])c2)NC(=O)c2cccs2)cc1. The molecule has 2 aromatic carbocycles. The van der Waals surface area contributed by atoms with E-state index in [1.807, 2.05) is 0 Å². The molecular formula is C22H17N3O6S. The molecule has 0 unspecified atom stereocenters. The van der Waals surface area contributed by atoms with Gasteiger partial charge in [0.1, 0.15) is 5.70 Å². The smallest absolute Gasteiger partial charge is 0.337 e. The number of nitro benzene ring substituents is 1. The summed E-state index contributed by atoms with van der Waals surface area (Å²) < 4.78 is 4.64. The van der Waals surface area contributed by atoms with Crippen LogP contribution < -0.4 is 10.6 Å². The fourth-order valence-corrected chi connectivity index (χ4v) is 3.27. The summed E-state index contributed by atoms with van der Waals surface area (Å²) >= 11 is 1.20. The number of nitrogens with one attached hydrogen (secondary N) is 2. The van der Waals surface area contributed by atoms with Crippen LogP contribution in [0.3, 0.4) is 0 Å². The fraction of sp³-hybridized carbons (Fsp3) is 0.0455. The first kappa shape index (κ1) is 22.4. The van der Waals surface area contributed by atoms with E-state index in [0.717, 1.165) is 0 Å². The van der Waals surface area contributed by atoms with Crippen molar-refractivity contribution >= 4 is 46.6 Å². The van der Waals surface area contributed by atoms with Crippen LogP contribution in [0.1, 0.15) is 25.6 Å². The molecule has 10 heteroatoms. The highest BCUT2D eigenvalue weighted by Gasteiger charge is 2.17. The van der Waals surface area contributed by atoms with Crippen LogP contribution in [0.2, 0.25) is 0 Å². The molecule has 0 fully saturated rings. The summed E-state index contributed by atoms with van der Waals surface area (Å²) in [7, 11) is 1.26. The lowest BCUT2D eigenvalue weighted by molar-refractivity contribution is -0.384. The van der Waals surface area contributed by atoms with Gasteiger partial charge in [-0.05, 0) is 47.4 Å². The molecule has 0 aliphatic carbocycles. The van der Waals surface area contributed by atoms with Crippen molar-refractivity contribution in [1.82, 2.24) is 5.32 Å². The molecule has 0 atom stereocenters. The van der Waals surface area contributed by atoms with Gasteiger partial charge in [0, 0.05) is 17.8 Å². The molecule has 1 heterocycles. The van der Waals surface area contributed by atoms with E-state index in [9.17, 15) is 24.5 Å². The van der Waals surface area contributed by atoms with Gasteiger partial charge in [-0.25, -0.2) is 4.79 Å². The molecule has 0 saturated carbocycles. The van der Waals surface area contributed by atoms with Gasteiger partial charge in [-0.3, -0.25) is 19.7 Å². The predicted molar refractivity (Wildman–Crippen MR) is 119 cm³/mol. The molecule has 0 radical (unpaired) electrons. The molecule has 3 rings (SSSR count). The standard InChI is InChI=1S/C22H17N3O6S/c1-31-22(28)15-7-9-16(10-8-15)23-20(26)18(24-21(27)19-6-3-11-32-19)13-14-4-2-5-17(12-14)25(29)30/h2-13H,1H3,(H,23,26)(H,24,27)/b18-13-. The molecule has 2 amide bonds. The number of esters is 1. The van der Waals surface area contributed by atoms with Crippen molar-refractivity contribution in [3.63, 3.8) is 0 Å². The highest BCUT2D eigenvalue weighted by atomic mass is 32.1. The Kier molecular flexibility index (Phi) is 7.09. The van der Waals surface area contributed by atoms with Crippen molar-refractivity contribution in [2.45, 2.75) is 0 Å². The maximum atomic E-state index is 12.9. The minimum atomic E-state index is -0.646. The Morgan fingerprint density at radius 2 is 1.81 bits per heavy atom. The van der Waals surface area contributed by atoms with E-state index in [2.05, 4.69) is 15.4 Å². The number of nitro groups is 1. The summed E-state index contributed by atoms with van der Waals surface area (Å²) in [6.07, 6.45) is 1.34. The second kappa shape index (κ2) is 10.1. The van der Waals surface area contributed by atoms with Gasteiger partial charge in [0.15, 0.2) is 0 Å². The summed E-state index contributed by atoms with van der Waals surface area (Å²) in [5.41, 5.74) is 0.779. The quantitative estimate of drug-likeness (QED) is 0.243. The van der Waals surface area contributed by atoms with E-state index in [1.165, 1.54) is 67.0 Å². The Balaban J connectivity index is 1.88. The molecule has 3 aromatic rings. The maximum absolute atomic E-state index is 12.9. The van der Waals surface area contributed by atoms with Gasteiger partial charge in [-0.15, -0.1) is 11.3 Å². The predicted octanol–water partition coefficient (Wildman–Crippen LogP) is 3.85. The highest BCUT2D eigenvalue weighted by Crippen LogP contribution is 2.17. The van der Waals surface area contributed by atoms with Crippen LogP contribution in [-0.2, 0) is 9.53 Å². The lowest BCUT2D eigenvalue weighted by Crippen LogP contribution is -2.30. The van der Waals surface area contributed by atoms with Crippen LogP contribution in [0.15, 0.2) is 71.7 Å². The van der Waals surface area contributed by atoms with Crippen LogP contribution >= 0.6 is 11.3 Å². The first-order valence-electron chi connectivity index (χ1n) is 9.18. The normalized spacial score (nSPS) is 10.8. The third-order valence-corrected chi connectivity index (χ3v) is 5.06. The van der Waals surface area contributed by atoms with E-state index in [-0.39, 0.29) is 11.4 Å². The zero-order chi connectivity index (χ0) is 23.1. The first-order chi connectivity index (χ1) is 15.4. The van der Waals surface area contributed by atoms with E-state index in [0.29, 0.717) is 21.7 Å². The molecule has 2 N–H and O–H groups in total. The monoisotopic (exact) mass is 451 g/mol. The number of thiophene rings is 1. The number of non-ortho nitro benzene ring substituents is 1. The molecule has 0 aliphatic heterocycles. The lowest BCUT2D eigenvalue weighted by atomic mass is 10.1. The zero-order valence-electron chi connectivity index (χ0n) is 16.7. The van der Waals surface area contributed by atoms with Crippen molar-refractivity contribution in [3.8, 4) is 0 Å². The van der Waals surface area contributed by atoms with Crippen LogP contribution in [0, 0.1) is 10.1 Å². The number of nitrogens with zero attached hydrogens (tertiary/aromatic N) is 1. The summed E-state index contributed by atoms with van der Waals surface area (Å²) in [6.45, 7) is 0. The molecule has 0 spiro atoms. The Bertz CT molecular complexity index is 1190. The van der Waals surface area contributed by atoms with E-state index >= 15 is 0 Å². The molecule has 0 aliphatic rings. The van der Waals surface area contributed by atoms with Gasteiger partial charge in [-0.1, -0.05) is 18.2 Å². The summed E-state index contributed by atoms with van der Waals surface area (Å²) in [5, 5.41) is 18.0. The maximum Gasteiger partial charge on any atom is 0.337 e. The summed E-state index contributed by atoms with van der Waals surface area (Å²) in [4.78, 5) is 47.9. The zero-order valence-corrected chi connectivity index (χ0v) is 17.5. The second-order valence-corrected chi connectivity index (χ2v) is 7.31. The number of carbonyl (C=O) groups excluding carboxylic acids is 3. The summed E-state index contributed by atoms with van der Waals surface area (Å²) in [5.74, 6) is -1.66. The van der Waals surface area contributed by atoms with Crippen molar-refractivity contribution < 1.29 is 24.0 Å². The Morgan fingerprint density at radius 3 is 2.44 bits per heavy atom. The molecular weight excluding hydrogens is 434 g/mol. The van der Waals surface area contributed by atoms with E-state index in [4.69, 9.17) is 0 Å². The van der Waals surface area contributed by atoms with Crippen molar-refractivity contribution in [2.75, 3.05) is 12.4 Å². The van der Waals surface area contributed by atoms with E-state index < -0.39 is 22.7 Å². The van der Waals surface area contributed by atoms with E-state index in [1.54, 1.807) is 23.6 Å². The average molecular weight is 451 g/mol. The molecule has 0 bridgehead atoms. The minimum absolute atomic E-state index is 0.110. The summed E-state index contributed by atoms with van der Waals surface area (Å²) in [6, 6.07) is 15.0. The Morgan fingerprint density at radius 1 is 1.06 bits per heavy atom.